The topological polar surface area (TPSA) is 69.9 Å². The highest BCUT2D eigenvalue weighted by atomic mass is 79.9. The first-order valence-electron chi connectivity index (χ1n) is 5.95. The van der Waals surface area contributed by atoms with Crippen LogP contribution in [0, 0.1) is 23.7 Å². The molecule has 0 aromatic rings. The lowest BCUT2D eigenvalue weighted by Crippen LogP contribution is -2.58. The van der Waals surface area contributed by atoms with Gasteiger partial charge in [0.1, 0.15) is 12.2 Å². The van der Waals surface area contributed by atoms with Crippen LogP contribution in [0.1, 0.15) is 6.42 Å². The van der Waals surface area contributed by atoms with Gasteiger partial charge in [-0.3, -0.25) is 0 Å². The summed E-state index contributed by atoms with van der Waals surface area (Å²) in [5.41, 5.74) is 0. The molecule has 4 rings (SSSR count). The van der Waals surface area contributed by atoms with Gasteiger partial charge < -0.3 is 20.1 Å². The van der Waals surface area contributed by atoms with Gasteiger partial charge in [0.15, 0.2) is 0 Å². The van der Waals surface area contributed by atoms with Gasteiger partial charge in [0, 0.05) is 4.83 Å². The SMILES string of the molecule is O[C@H]1[C@@H](O)[C@@H]2O[C@@H]3[C@@H](Br)[C@H]4C[C@@H]3[C@@H]2[C@H]4[C@@H]1O. The van der Waals surface area contributed by atoms with Crippen LogP contribution in [0.5, 0.6) is 0 Å². The average molecular weight is 291 g/mol. The summed E-state index contributed by atoms with van der Waals surface area (Å²) in [6, 6.07) is 0. The minimum absolute atomic E-state index is 0.0940. The second-order valence-corrected chi connectivity index (χ2v) is 6.76. The van der Waals surface area contributed by atoms with Gasteiger partial charge in [-0.2, -0.15) is 0 Å². The van der Waals surface area contributed by atoms with Gasteiger partial charge in [0.05, 0.1) is 18.3 Å². The van der Waals surface area contributed by atoms with Gasteiger partial charge >= 0.3 is 0 Å². The van der Waals surface area contributed by atoms with Gasteiger partial charge in [0.25, 0.3) is 0 Å². The largest absolute Gasteiger partial charge is 0.390 e. The first-order valence-corrected chi connectivity index (χ1v) is 6.86. The molecule has 1 heterocycles. The van der Waals surface area contributed by atoms with E-state index in [-0.39, 0.29) is 28.9 Å². The fourth-order valence-corrected chi connectivity index (χ4v) is 5.78. The Balaban J connectivity index is 1.81. The zero-order chi connectivity index (χ0) is 11.2. The molecule has 0 aromatic heterocycles. The molecular weight excluding hydrogens is 276 g/mol. The van der Waals surface area contributed by atoms with Gasteiger partial charge in [-0.1, -0.05) is 15.9 Å². The number of aliphatic hydroxyl groups excluding tert-OH is 3. The molecule has 3 aliphatic carbocycles. The van der Waals surface area contributed by atoms with Crippen LogP contribution in [0.25, 0.3) is 0 Å². The van der Waals surface area contributed by atoms with Crippen molar-refractivity contribution in [3.8, 4) is 0 Å². The van der Waals surface area contributed by atoms with Crippen molar-refractivity contribution in [2.75, 3.05) is 0 Å². The van der Waals surface area contributed by atoms with Crippen LogP contribution in [0.2, 0.25) is 0 Å². The van der Waals surface area contributed by atoms with Crippen molar-refractivity contribution in [3.05, 3.63) is 0 Å². The summed E-state index contributed by atoms with van der Waals surface area (Å²) in [5, 5.41) is 29.9. The van der Waals surface area contributed by atoms with E-state index in [2.05, 4.69) is 15.9 Å². The van der Waals surface area contributed by atoms with Crippen molar-refractivity contribution in [3.63, 3.8) is 0 Å². The third-order valence-corrected chi connectivity index (χ3v) is 6.45. The maximum Gasteiger partial charge on any atom is 0.109 e. The second-order valence-electron chi connectivity index (χ2n) is 5.70. The molecule has 3 N–H and O–H groups in total. The number of aliphatic hydroxyl groups is 3. The van der Waals surface area contributed by atoms with Gasteiger partial charge in [-0.15, -0.1) is 0 Å². The minimum atomic E-state index is -1.05. The van der Waals surface area contributed by atoms with E-state index >= 15 is 0 Å². The van der Waals surface area contributed by atoms with E-state index in [9.17, 15) is 15.3 Å². The number of alkyl halides is 1. The maximum atomic E-state index is 10.1. The number of hydrogen-bond acceptors (Lipinski definition) is 4. The molecule has 0 unspecified atom stereocenters. The summed E-state index contributed by atoms with van der Waals surface area (Å²) in [6.07, 6.45) is -1.82. The Hall–Kier alpha value is 0.320. The Labute approximate surface area is 102 Å². The van der Waals surface area contributed by atoms with Crippen molar-refractivity contribution < 1.29 is 20.1 Å². The smallest absolute Gasteiger partial charge is 0.109 e. The van der Waals surface area contributed by atoms with Gasteiger partial charge in [-0.05, 0) is 30.1 Å². The number of ether oxygens (including phenoxy) is 1. The molecule has 5 heteroatoms. The molecule has 16 heavy (non-hydrogen) atoms. The summed E-state index contributed by atoms with van der Waals surface area (Å²) >= 11 is 3.65. The summed E-state index contributed by atoms with van der Waals surface area (Å²) in [6.45, 7) is 0. The number of hydrogen-bond donors (Lipinski definition) is 3. The lowest BCUT2D eigenvalue weighted by atomic mass is 9.67. The Kier molecular flexibility index (Phi) is 1.93. The van der Waals surface area contributed by atoms with E-state index in [0.717, 1.165) is 6.42 Å². The lowest BCUT2D eigenvalue weighted by molar-refractivity contribution is -0.172. The van der Waals surface area contributed by atoms with Crippen LogP contribution in [0.3, 0.4) is 0 Å². The molecule has 0 radical (unpaired) electrons. The van der Waals surface area contributed by atoms with Gasteiger partial charge in [0.2, 0.25) is 0 Å². The highest BCUT2D eigenvalue weighted by Gasteiger charge is 2.70. The molecule has 4 nitrogen and oxygen atoms in total. The van der Waals surface area contributed by atoms with Crippen LogP contribution in [-0.4, -0.2) is 50.7 Å². The molecule has 3 saturated carbocycles. The number of halogens is 1. The lowest BCUT2D eigenvalue weighted by Gasteiger charge is -2.43. The Bertz CT molecular complexity index is 338. The fraction of sp³-hybridized carbons (Fsp3) is 1.00. The van der Waals surface area contributed by atoms with Crippen molar-refractivity contribution in [2.45, 2.75) is 41.8 Å². The molecule has 10 atom stereocenters. The van der Waals surface area contributed by atoms with E-state index in [4.69, 9.17) is 4.74 Å². The average Bonchev–Trinajstić information content (AvgIpc) is 2.85. The third-order valence-electron chi connectivity index (χ3n) is 5.25. The van der Waals surface area contributed by atoms with Crippen LogP contribution >= 0.6 is 15.9 Å². The van der Waals surface area contributed by atoms with E-state index in [1.807, 2.05) is 0 Å². The molecule has 0 spiro atoms. The predicted molar refractivity (Wildman–Crippen MR) is 58.0 cm³/mol. The minimum Gasteiger partial charge on any atom is -0.390 e. The summed E-state index contributed by atoms with van der Waals surface area (Å²) < 4.78 is 5.89. The predicted octanol–water partition coefficient (Wildman–Crippen LogP) is -0.504. The van der Waals surface area contributed by atoms with Crippen molar-refractivity contribution in [1.82, 2.24) is 0 Å². The van der Waals surface area contributed by atoms with Crippen molar-refractivity contribution >= 4 is 15.9 Å². The number of rotatable bonds is 0. The zero-order valence-electron chi connectivity index (χ0n) is 8.61. The van der Waals surface area contributed by atoms with Crippen molar-refractivity contribution in [1.29, 1.82) is 0 Å². The molecule has 4 aliphatic rings. The third kappa shape index (κ3) is 0.928. The fourth-order valence-electron chi connectivity index (χ4n) is 4.70. The van der Waals surface area contributed by atoms with Crippen LogP contribution < -0.4 is 0 Å². The number of fused-ring (bicyclic) bond motifs is 2. The monoisotopic (exact) mass is 290 g/mol. The highest BCUT2D eigenvalue weighted by molar-refractivity contribution is 9.09. The molecule has 1 aliphatic heterocycles. The maximum absolute atomic E-state index is 10.1. The first kappa shape index (κ1) is 10.3. The van der Waals surface area contributed by atoms with Crippen LogP contribution in [0.4, 0.5) is 0 Å². The van der Waals surface area contributed by atoms with E-state index in [0.29, 0.717) is 11.8 Å². The van der Waals surface area contributed by atoms with Crippen molar-refractivity contribution in [2.24, 2.45) is 23.7 Å². The highest BCUT2D eigenvalue weighted by Crippen LogP contribution is 2.64. The van der Waals surface area contributed by atoms with Crippen LogP contribution in [0.15, 0.2) is 0 Å². The van der Waals surface area contributed by atoms with E-state index in [1.54, 1.807) is 0 Å². The molecule has 4 fully saturated rings. The summed E-state index contributed by atoms with van der Waals surface area (Å²) in [7, 11) is 0. The molecule has 1 saturated heterocycles. The molecule has 0 aromatic carbocycles. The van der Waals surface area contributed by atoms with Crippen LogP contribution in [-0.2, 0) is 4.74 Å². The second kappa shape index (κ2) is 3.01. The normalized spacial score (nSPS) is 71.2. The Morgan fingerprint density at radius 1 is 0.875 bits per heavy atom. The molecule has 0 amide bonds. The first-order chi connectivity index (χ1) is 7.61. The standard InChI is InChI=1S/C11H15BrO4/c12-6-2-1-3-5-4(2)7(13)8(14)9(15)11(5)16-10(3)6/h2-11,13-15H,1H2/t2-,3+,4-,5+,6-,7-,8+,9+,10-,11+/m0/s1. The summed E-state index contributed by atoms with van der Waals surface area (Å²) in [5.74, 6) is 1.19. The molecule has 90 valence electrons. The van der Waals surface area contributed by atoms with E-state index < -0.39 is 18.3 Å². The summed E-state index contributed by atoms with van der Waals surface area (Å²) in [4.78, 5) is 0.274. The Morgan fingerprint density at radius 3 is 2.38 bits per heavy atom. The molecular formula is C11H15BrO4. The Morgan fingerprint density at radius 2 is 1.62 bits per heavy atom. The van der Waals surface area contributed by atoms with Gasteiger partial charge in [-0.25, -0.2) is 0 Å². The zero-order valence-corrected chi connectivity index (χ0v) is 10.2. The quantitative estimate of drug-likeness (QED) is 0.526. The molecule has 2 bridgehead atoms. The van der Waals surface area contributed by atoms with E-state index in [1.165, 1.54) is 0 Å².